The molecule has 1 atom stereocenters. The normalized spacial score (nSPS) is 14.9. The van der Waals surface area contributed by atoms with Gasteiger partial charge in [0.15, 0.2) is 5.78 Å². The molecule has 1 amide bonds. The number of ether oxygens (including phenoxy) is 1. The highest BCUT2D eigenvalue weighted by Crippen LogP contribution is 2.34. The minimum Gasteiger partial charge on any atom is -0.488 e. The van der Waals surface area contributed by atoms with Gasteiger partial charge in [0.2, 0.25) is 5.91 Å². The van der Waals surface area contributed by atoms with Crippen molar-refractivity contribution in [3.05, 3.63) is 89.8 Å². The van der Waals surface area contributed by atoms with Gasteiger partial charge in [0.1, 0.15) is 11.9 Å². The molecule has 2 aromatic carbocycles. The van der Waals surface area contributed by atoms with Crippen LogP contribution >= 0.6 is 0 Å². The van der Waals surface area contributed by atoms with Gasteiger partial charge in [-0.05, 0) is 54.0 Å². The third-order valence-electron chi connectivity index (χ3n) is 5.02. The largest absolute Gasteiger partial charge is 0.488 e. The molecular weight excluding hydrogens is 376 g/mol. The molecular formula is C25H22N2O3. The summed E-state index contributed by atoms with van der Waals surface area (Å²) in [5, 5.41) is 2.88. The number of nitrogens with zero attached hydrogens (tertiary/aromatic N) is 1. The van der Waals surface area contributed by atoms with Crippen LogP contribution in [0.15, 0.2) is 72.9 Å². The summed E-state index contributed by atoms with van der Waals surface area (Å²) in [6.45, 7) is 2.00. The Morgan fingerprint density at radius 1 is 1.13 bits per heavy atom. The molecule has 5 heteroatoms. The van der Waals surface area contributed by atoms with Gasteiger partial charge in [-0.2, -0.15) is 0 Å². The number of hydrogen-bond donors (Lipinski definition) is 1. The lowest BCUT2D eigenvalue weighted by atomic mass is 9.95. The highest BCUT2D eigenvalue weighted by molar-refractivity contribution is 6.00. The molecule has 1 aromatic heterocycles. The van der Waals surface area contributed by atoms with E-state index in [0.717, 1.165) is 28.1 Å². The van der Waals surface area contributed by atoms with Gasteiger partial charge in [-0.3, -0.25) is 14.6 Å². The number of aromatic nitrogens is 1. The van der Waals surface area contributed by atoms with Crippen LogP contribution in [-0.2, 0) is 11.2 Å². The summed E-state index contributed by atoms with van der Waals surface area (Å²) in [5.74, 6) is 0.681. The van der Waals surface area contributed by atoms with Crippen LogP contribution in [0, 0.1) is 0 Å². The van der Waals surface area contributed by atoms with Gasteiger partial charge in [-0.15, -0.1) is 0 Å². The zero-order valence-corrected chi connectivity index (χ0v) is 16.7. The maximum absolute atomic E-state index is 12.1. The van der Waals surface area contributed by atoms with E-state index in [0.29, 0.717) is 18.5 Å². The van der Waals surface area contributed by atoms with E-state index in [9.17, 15) is 9.59 Å². The van der Waals surface area contributed by atoms with E-state index in [2.05, 4.69) is 16.4 Å². The molecule has 0 spiro atoms. The maximum Gasteiger partial charge on any atom is 0.244 e. The lowest BCUT2D eigenvalue weighted by Gasteiger charge is -2.10. The minimum atomic E-state index is -0.184. The number of carbonyl (C=O) groups excluding carboxylic acids is 2. The van der Waals surface area contributed by atoms with Gasteiger partial charge >= 0.3 is 0 Å². The smallest absolute Gasteiger partial charge is 0.244 e. The minimum absolute atomic E-state index is 0.0432. The monoisotopic (exact) mass is 398 g/mol. The van der Waals surface area contributed by atoms with E-state index >= 15 is 0 Å². The quantitative estimate of drug-likeness (QED) is 0.502. The number of nitrogens with one attached hydrogen (secondary N) is 1. The predicted octanol–water partition coefficient (Wildman–Crippen LogP) is 4.08. The molecule has 0 saturated carbocycles. The summed E-state index contributed by atoms with van der Waals surface area (Å²) in [6.07, 6.45) is 5.42. The van der Waals surface area contributed by atoms with E-state index in [1.807, 2.05) is 54.6 Å². The standard InChI is InChI=1S/C25H22N2O3/c1-17(28)22-7-2-3-8-23(22)18-9-11-24-19(14-18)15-21(30-24)16-27-25(29)12-10-20-6-4-5-13-26-20/h2-14,21H,15-16H2,1H3,(H,27,29)/b12-10+/t21-/m1/s1. The van der Waals surface area contributed by atoms with E-state index in [1.165, 1.54) is 6.08 Å². The van der Waals surface area contributed by atoms with E-state index in [1.54, 1.807) is 19.2 Å². The molecule has 1 aliphatic rings. The molecule has 0 unspecified atom stereocenters. The second-order valence-corrected chi connectivity index (χ2v) is 7.20. The van der Waals surface area contributed by atoms with Crippen molar-refractivity contribution in [2.24, 2.45) is 0 Å². The van der Waals surface area contributed by atoms with Crippen LogP contribution in [0.3, 0.4) is 0 Å². The van der Waals surface area contributed by atoms with Crippen LogP contribution in [-0.4, -0.2) is 29.3 Å². The fourth-order valence-corrected chi connectivity index (χ4v) is 3.55. The molecule has 0 saturated heterocycles. The first-order valence-corrected chi connectivity index (χ1v) is 9.87. The number of pyridine rings is 1. The van der Waals surface area contributed by atoms with E-state index in [4.69, 9.17) is 4.74 Å². The Kier molecular flexibility index (Phi) is 5.70. The van der Waals surface area contributed by atoms with Crippen molar-refractivity contribution in [1.29, 1.82) is 0 Å². The highest BCUT2D eigenvalue weighted by Gasteiger charge is 2.24. The molecule has 0 aliphatic carbocycles. The number of carbonyl (C=O) groups is 2. The molecule has 1 N–H and O–H groups in total. The van der Waals surface area contributed by atoms with Crippen LogP contribution in [0.4, 0.5) is 0 Å². The molecule has 0 radical (unpaired) electrons. The van der Waals surface area contributed by atoms with Crippen molar-refractivity contribution in [2.45, 2.75) is 19.4 Å². The Labute approximate surface area is 175 Å². The second kappa shape index (κ2) is 8.74. The lowest BCUT2D eigenvalue weighted by Crippen LogP contribution is -2.33. The van der Waals surface area contributed by atoms with Gasteiger partial charge in [0.05, 0.1) is 12.2 Å². The SMILES string of the molecule is CC(=O)c1ccccc1-c1ccc2c(c1)C[C@H](CNC(=O)/C=C/c1ccccn1)O2. The maximum atomic E-state index is 12.1. The lowest BCUT2D eigenvalue weighted by molar-refractivity contribution is -0.116. The molecule has 30 heavy (non-hydrogen) atoms. The predicted molar refractivity (Wildman–Crippen MR) is 116 cm³/mol. The molecule has 4 rings (SSSR count). The van der Waals surface area contributed by atoms with Crippen molar-refractivity contribution in [1.82, 2.24) is 10.3 Å². The van der Waals surface area contributed by atoms with E-state index < -0.39 is 0 Å². The molecule has 5 nitrogen and oxygen atoms in total. The summed E-state index contributed by atoms with van der Waals surface area (Å²) < 4.78 is 5.97. The van der Waals surface area contributed by atoms with Crippen molar-refractivity contribution >= 4 is 17.8 Å². The Balaban J connectivity index is 1.39. The van der Waals surface area contributed by atoms with Crippen molar-refractivity contribution in [3.8, 4) is 16.9 Å². The van der Waals surface area contributed by atoms with Gasteiger partial charge in [0, 0.05) is 24.3 Å². The molecule has 2 heterocycles. The number of hydrogen-bond acceptors (Lipinski definition) is 4. The number of benzene rings is 2. The van der Waals surface area contributed by atoms with Crippen molar-refractivity contribution in [3.63, 3.8) is 0 Å². The molecule has 0 bridgehead atoms. The zero-order chi connectivity index (χ0) is 20.9. The Hall–Kier alpha value is -3.73. The summed E-state index contributed by atoms with van der Waals surface area (Å²) in [6, 6.07) is 19.1. The van der Waals surface area contributed by atoms with Crippen molar-refractivity contribution < 1.29 is 14.3 Å². The topological polar surface area (TPSA) is 68.3 Å². The van der Waals surface area contributed by atoms with Gasteiger partial charge in [-0.25, -0.2) is 0 Å². The molecule has 0 fully saturated rings. The first-order chi connectivity index (χ1) is 14.6. The first-order valence-electron chi connectivity index (χ1n) is 9.87. The highest BCUT2D eigenvalue weighted by atomic mass is 16.5. The number of rotatable bonds is 6. The average Bonchev–Trinajstić information content (AvgIpc) is 3.19. The van der Waals surface area contributed by atoms with Gasteiger partial charge in [0.25, 0.3) is 0 Å². The molecule has 1 aliphatic heterocycles. The van der Waals surface area contributed by atoms with Crippen LogP contribution in [0.2, 0.25) is 0 Å². The van der Waals surface area contributed by atoms with Crippen LogP contribution in [0.1, 0.15) is 28.5 Å². The van der Waals surface area contributed by atoms with Crippen LogP contribution in [0.25, 0.3) is 17.2 Å². The number of Topliss-reactive ketones (excluding diaryl/α,β-unsaturated/α-hetero) is 1. The third kappa shape index (κ3) is 4.46. The summed E-state index contributed by atoms with van der Waals surface area (Å²) >= 11 is 0. The fourth-order valence-electron chi connectivity index (χ4n) is 3.55. The average molecular weight is 398 g/mol. The number of fused-ring (bicyclic) bond motifs is 1. The Morgan fingerprint density at radius 2 is 1.97 bits per heavy atom. The second-order valence-electron chi connectivity index (χ2n) is 7.20. The van der Waals surface area contributed by atoms with Crippen LogP contribution in [0.5, 0.6) is 5.75 Å². The fraction of sp³-hybridized carbons (Fsp3) is 0.160. The van der Waals surface area contributed by atoms with Crippen LogP contribution < -0.4 is 10.1 Å². The summed E-state index contributed by atoms with van der Waals surface area (Å²) in [7, 11) is 0. The number of ketones is 1. The number of amides is 1. The molecule has 150 valence electrons. The van der Waals surface area contributed by atoms with Crippen molar-refractivity contribution in [2.75, 3.05) is 6.54 Å². The van der Waals surface area contributed by atoms with Gasteiger partial charge in [-0.1, -0.05) is 36.4 Å². The summed E-state index contributed by atoms with van der Waals surface area (Å²) in [4.78, 5) is 28.2. The summed E-state index contributed by atoms with van der Waals surface area (Å²) in [5.41, 5.74) is 4.43. The Bertz CT molecular complexity index is 1110. The zero-order valence-electron chi connectivity index (χ0n) is 16.7. The third-order valence-corrected chi connectivity index (χ3v) is 5.02. The Morgan fingerprint density at radius 3 is 2.77 bits per heavy atom. The first kappa shape index (κ1) is 19.6. The van der Waals surface area contributed by atoms with Gasteiger partial charge < -0.3 is 10.1 Å². The molecule has 3 aromatic rings. The van der Waals surface area contributed by atoms with E-state index in [-0.39, 0.29) is 17.8 Å².